The lowest BCUT2D eigenvalue weighted by molar-refractivity contribution is -0.548. The third-order valence-corrected chi connectivity index (χ3v) is 1.02. The SMILES string of the molecule is CN1C=NNC1[N+](=O)[O-]. The highest BCUT2D eigenvalue weighted by Gasteiger charge is 2.26. The molecule has 0 aromatic carbocycles. The molecule has 0 spiro atoms. The highest BCUT2D eigenvalue weighted by Crippen LogP contribution is 1.94. The molecule has 0 saturated carbocycles. The molecule has 1 aliphatic heterocycles. The van der Waals surface area contributed by atoms with Gasteiger partial charge in [-0.1, -0.05) is 0 Å². The average molecular weight is 130 g/mol. The van der Waals surface area contributed by atoms with E-state index in [9.17, 15) is 10.1 Å². The van der Waals surface area contributed by atoms with Crippen LogP contribution < -0.4 is 5.43 Å². The zero-order chi connectivity index (χ0) is 6.85. The molecule has 0 aliphatic carbocycles. The molecule has 1 aliphatic rings. The highest BCUT2D eigenvalue weighted by atomic mass is 16.6. The molecule has 6 heteroatoms. The van der Waals surface area contributed by atoms with Crippen LogP contribution in [0.1, 0.15) is 0 Å². The number of hydrogen-bond acceptors (Lipinski definition) is 5. The molecule has 1 unspecified atom stereocenters. The van der Waals surface area contributed by atoms with E-state index in [0.29, 0.717) is 0 Å². The average Bonchev–Trinajstić information content (AvgIpc) is 2.13. The summed E-state index contributed by atoms with van der Waals surface area (Å²) in [6.45, 7) is 0. The van der Waals surface area contributed by atoms with Gasteiger partial charge in [-0.25, -0.2) is 5.43 Å². The van der Waals surface area contributed by atoms with Gasteiger partial charge in [-0.05, 0) is 0 Å². The Labute approximate surface area is 51.3 Å². The Morgan fingerprint density at radius 2 is 2.67 bits per heavy atom. The Bertz CT molecular complexity index is 156. The van der Waals surface area contributed by atoms with E-state index in [1.165, 1.54) is 11.2 Å². The van der Waals surface area contributed by atoms with Gasteiger partial charge in [0.2, 0.25) is 0 Å². The quantitative estimate of drug-likeness (QED) is 0.366. The number of rotatable bonds is 1. The molecule has 0 amide bonds. The van der Waals surface area contributed by atoms with Crippen molar-refractivity contribution in [1.29, 1.82) is 0 Å². The van der Waals surface area contributed by atoms with Crippen molar-refractivity contribution in [2.45, 2.75) is 6.29 Å². The summed E-state index contributed by atoms with van der Waals surface area (Å²) in [7, 11) is 1.58. The molecular weight excluding hydrogens is 124 g/mol. The summed E-state index contributed by atoms with van der Waals surface area (Å²) < 4.78 is 0. The molecule has 1 rings (SSSR count). The van der Waals surface area contributed by atoms with Gasteiger partial charge in [0.1, 0.15) is 6.34 Å². The Morgan fingerprint density at radius 1 is 2.00 bits per heavy atom. The fourth-order valence-corrected chi connectivity index (χ4v) is 0.541. The first-order valence-corrected chi connectivity index (χ1v) is 2.36. The molecule has 0 radical (unpaired) electrons. The molecule has 0 aromatic rings. The first-order valence-electron chi connectivity index (χ1n) is 2.36. The second-order valence-electron chi connectivity index (χ2n) is 1.70. The van der Waals surface area contributed by atoms with Crippen LogP contribution >= 0.6 is 0 Å². The van der Waals surface area contributed by atoms with Crippen molar-refractivity contribution in [2.75, 3.05) is 7.05 Å². The first kappa shape index (κ1) is 5.80. The van der Waals surface area contributed by atoms with E-state index in [-0.39, 0.29) is 0 Å². The van der Waals surface area contributed by atoms with E-state index in [0.717, 1.165) is 0 Å². The second-order valence-corrected chi connectivity index (χ2v) is 1.70. The second kappa shape index (κ2) is 1.88. The Morgan fingerprint density at radius 3 is 2.89 bits per heavy atom. The largest absolute Gasteiger partial charge is 0.381 e. The summed E-state index contributed by atoms with van der Waals surface area (Å²) in [6, 6.07) is 0. The van der Waals surface area contributed by atoms with Crippen molar-refractivity contribution >= 4 is 6.34 Å². The summed E-state index contributed by atoms with van der Waals surface area (Å²) in [4.78, 5) is 11.0. The van der Waals surface area contributed by atoms with Crippen LogP contribution in [-0.2, 0) is 0 Å². The standard InChI is InChI=1S/C3H6N4O2/c1-6-2-4-5-3(6)7(8)9/h2-3,5H,1H3. The maximum atomic E-state index is 10.0. The van der Waals surface area contributed by atoms with Crippen molar-refractivity contribution < 1.29 is 4.92 Å². The summed E-state index contributed by atoms with van der Waals surface area (Å²) >= 11 is 0. The van der Waals surface area contributed by atoms with E-state index in [1.807, 2.05) is 0 Å². The normalized spacial score (nSPS) is 24.1. The van der Waals surface area contributed by atoms with Gasteiger partial charge in [-0.15, -0.1) is 0 Å². The molecule has 1 atom stereocenters. The molecule has 1 N–H and O–H groups in total. The lowest BCUT2D eigenvalue weighted by Gasteiger charge is -2.08. The third-order valence-electron chi connectivity index (χ3n) is 1.02. The maximum Gasteiger partial charge on any atom is 0.381 e. The van der Waals surface area contributed by atoms with Crippen molar-refractivity contribution in [3.8, 4) is 0 Å². The van der Waals surface area contributed by atoms with Crippen molar-refractivity contribution in [1.82, 2.24) is 10.3 Å². The van der Waals surface area contributed by atoms with Crippen LogP contribution in [0.3, 0.4) is 0 Å². The van der Waals surface area contributed by atoms with Crippen LogP contribution in [0.15, 0.2) is 5.10 Å². The van der Waals surface area contributed by atoms with Crippen LogP contribution in [-0.4, -0.2) is 29.5 Å². The van der Waals surface area contributed by atoms with Crippen LogP contribution in [0.4, 0.5) is 0 Å². The molecule has 0 aromatic heterocycles. The van der Waals surface area contributed by atoms with Gasteiger partial charge in [0.15, 0.2) is 0 Å². The molecular formula is C3H6N4O2. The molecule has 50 valence electrons. The predicted octanol–water partition coefficient (Wildman–Crippen LogP) is -0.975. The number of nitro groups is 1. The zero-order valence-electron chi connectivity index (χ0n) is 4.81. The maximum absolute atomic E-state index is 10.0. The molecule has 0 bridgehead atoms. The van der Waals surface area contributed by atoms with Crippen molar-refractivity contribution in [3.63, 3.8) is 0 Å². The topological polar surface area (TPSA) is 70.8 Å². The monoisotopic (exact) mass is 130 g/mol. The highest BCUT2D eigenvalue weighted by molar-refractivity contribution is 5.55. The van der Waals surface area contributed by atoms with Gasteiger partial charge in [0.05, 0.1) is 4.92 Å². The number of nitrogens with one attached hydrogen (secondary N) is 1. The van der Waals surface area contributed by atoms with Crippen LogP contribution in [0.25, 0.3) is 0 Å². The van der Waals surface area contributed by atoms with Gasteiger partial charge in [-0.2, -0.15) is 5.10 Å². The first-order chi connectivity index (χ1) is 4.22. The Kier molecular flexibility index (Phi) is 1.21. The number of hydrazone groups is 1. The van der Waals surface area contributed by atoms with Gasteiger partial charge in [-0.3, -0.25) is 15.0 Å². The van der Waals surface area contributed by atoms with E-state index >= 15 is 0 Å². The van der Waals surface area contributed by atoms with Gasteiger partial charge < -0.3 is 0 Å². The summed E-state index contributed by atoms with van der Waals surface area (Å²) in [5.74, 6) is 0. The molecule has 0 fully saturated rings. The minimum absolute atomic E-state index is 0.451. The lowest BCUT2D eigenvalue weighted by atomic mass is 10.8. The zero-order valence-corrected chi connectivity index (χ0v) is 4.81. The van der Waals surface area contributed by atoms with Crippen LogP contribution in [0.5, 0.6) is 0 Å². The van der Waals surface area contributed by atoms with Crippen molar-refractivity contribution in [3.05, 3.63) is 10.1 Å². The smallest absolute Gasteiger partial charge is 0.282 e. The molecule has 6 nitrogen and oxygen atoms in total. The van der Waals surface area contributed by atoms with Gasteiger partial charge in [0, 0.05) is 7.05 Å². The third kappa shape index (κ3) is 0.906. The van der Waals surface area contributed by atoms with Crippen LogP contribution in [0.2, 0.25) is 0 Å². The van der Waals surface area contributed by atoms with E-state index < -0.39 is 11.2 Å². The van der Waals surface area contributed by atoms with Crippen LogP contribution in [0, 0.1) is 10.1 Å². The molecule has 9 heavy (non-hydrogen) atoms. The summed E-state index contributed by atoms with van der Waals surface area (Å²) in [6.07, 6.45) is 0.484. The van der Waals surface area contributed by atoms with Gasteiger partial charge >= 0.3 is 6.29 Å². The summed E-state index contributed by atoms with van der Waals surface area (Å²) in [5.41, 5.74) is 2.30. The van der Waals surface area contributed by atoms with E-state index in [1.54, 1.807) is 7.05 Å². The predicted molar refractivity (Wildman–Crippen MR) is 30.2 cm³/mol. The van der Waals surface area contributed by atoms with E-state index in [4.69, 9.17) is 0 Å². The number of hydrogen-bond donors (Lipinski definition) is 1. The minimum atomic E-state index is -0.884. The molecule has 0 saturated heterocycles. The number of nitrogens with zero attached hydrogens (tertiary/aromatic N) is 3. The van der Waals surface area contributed by atoms with Crippen molar-refractivity contribution in [2.24, 2.45) is 5.10 Å². The Balaban J connectivity index is 2.55. The van der Waals surface area contributed by atoms with Gasteiger partial charge in [0.25, 0.3) is 0 Å². The fraction of sp³-hybridized carbons (Fsp3) is 0.667. The summed E-state index contributed by atoms with van der Waals surface area (Å²) in [5, 5.41) is 13.5. The fourth-order valence-electron chi connectivity index (χ4n) is 0.541. The minimum Gasteiger partial charge on any atom is -0.282 e. The Hall–Kier alpha value is -1.33. The lowest BCUT2D eigenvalue weighted by Crippen LogP contribution is -2.40. The molecule has 1 heterocycles. The van der Waals surface area contributed by atoms with E-state index in [2.05, 4.69) is 10.5 Å².